The van der Waals surface area contributed by atoms with Gasteiger partial charge in [0.05, 0.1) is 12.2 Å². The number of amides is 2. The summed E-state index contributed by atoms with van der Waals surface area (Å²) >= 11 is 0. The second-order valence-corrected chi connectivity index (χ2v) is 5.24. The molecule has 2 amide bonds. The standard InChI is InChI=1S/C13H17N3O3/c1-8-10(9(2)19-14-8)6-15-7-12(17)16-5-3-4-11(16)13(15)18/h11H,3-7H2,1-2H3. The smallest absolute Gasteiger partial charge is 0.246 e. The number of fused-ring (bicyclic) bond motifs is 1. The molecule has 0 aromatic carbocycles. The summed E-state index contributed by atoms with van der Waals surface area (Å²) < 4.78 is 5.10. The lowest BCUT2D eigenvalue weighted by atomic mass is 10.1. The van der Waals surface area contributed by atoms with Crippen molar-refractivity contribution >= 4 is 11.8 Å². The maximum atomic E-state index is 12.4. The Morgan fingerprint density at radius 1 is 1.37 bits per heavy atom. The lowest BCUT2D eigenvalue weighted by molar-refractivity contribution is -0.154. The fourth-order valence-corrected chi connectivity index (χ4v) is 2.92. The first-order chi connectivity index (χ1) is 9.08. The number of aromatic nitrogens is 1. The zero-order valence-corrected chi connectivity index (χ0v) is 11.2. The van der Waals surface area contributed by atoms with E-state index in [1.165, 1.54) is 0 Å². The van der Waals surface area contributed by atoms with E-state index < -0.39 is 0 Å². The Morgan fingerprint density at radius 3 is 2.84 bits per heavy atom. The number of rotatable bonds is 2. The predicted octanol–water partition coefficient (Wildman–Crippen LogP) is 0.625. The topological polar surface area (TPSA) is 66.7 Å². The van der Waals surface area contributed by atoms with Gasteiger partial charge in [0, 0.05) is 12.1 Å². The molecule has 0 N–H and O–H groups in total. The molecular formula is C13H17N3O3. The van der Waals surface area contributed by atoms with E-state index in [-0.39, 0.29) is 24.4 Å². The summed E-state index contributed by atoms with van der Waals surface area (Å²) in [5.41, 5.74) is 1.69. The first kappa shape index (κ1) is 12.2. The van der Waals surface area contributed by atoms with Crippen LogP contribution in [-0.4, -0.2) is 45.9 Å². The van der Waals surface area contributed by atoms with Crippen LogP contribution in [0.2, 0.25) is 0 Å². The fraction of sp³-hybridized carbons (Fsp3) is 0.615. The van der Waals surface area contributed by atoms with Gasteiger partial charge in [0.1, 0.15) is 18.3 Å². The van der Waals surface area contributed by atoms with E-state index in [2.05, 4.69) is 5.16 Å². The summed E-state index contributed by atoms with van der Waals surface area (Å²) in [7, 11) is 0. The molecule has 6 nitrogen and oxygen atoms in total. The molecule has 0 spiro atoms. The van der Waals surface area contributed by atoms with Crippen LogP contribution in [-0.2, 0) is 16.1 Å². The Balaban J connectivity index is 1.82. The zero-order chi connectivity index (χ0) is 13.6. The molecule has 0 bridgehead atoms. The monoisotopic (exact) mass is 263 g/mol. The van der Waals surface area contributed by atoms with Gasteiger partial charge >= 0.3 is 0 Å². The largest absolute Gasteiger partial charge is 0.361 e. The normalized spacial score (nSPS) is 23.2. The van der Waals surface area contributed by atoms with Gasteiger partial charge in [0.25, 0.3) is 0 Å². The van der Waals surface area contributed by atoms with E-state index in [4.69, 9.17) is 4.52 Å². The number of carbonyl (C=O) groups is 2. The zero-order valence-electron chi connectivity index (χ0n) is 11.2. The van der Waals surface area contributed by atoms with Crippen LogP contribution in [0.25, 0.3) is 0 Å². The molecule has 6 heteroatoms. The van der Waals surface area contributed by atoms with Crippen LogP contribution >= 0.6 is 0 Å². The van der Waals surface area contributed by atoms with E-state index >= 15 is 0 Å². The summed E-state index contributed by atoms with van der Waals surface area (Å²) in [4.78, 5) is 27.7. The van der Waals surface area contributed by atoms with Crippen molar-refractivity contribution in [3.63, 3.8) is 0 Å². The lowest BCUT2D eigenvalue weighted by Gasteiger charge is -2.36. The molecule has 0 radical (unpaired) electrons. The molecule has 102 valence electrons. The van der Waals surface area contributed by atoms with Crippen LogP contribution < -0.4 is 0 Å². The van der Waals surface area contributed by atoms with E-state index in [9.17, 15) is 9.59 Å². The average Bonchev–Trinajstić information content (AvgIpc) is 2.97. The van der Waals surface area contributed by atoms with E-state index in [0.717, 1.165) is 24.1 Å². The minimum Gasteiger partial charge on any atom is -0.361 e. The maximum absolute atomic E-state index is 12.4. The molecule has 3 heterocycles. The molecule has 1 atom stereocenters. The summed E-state index contributed by atoms with van der Waals surface area (Å²) in [6, 6.07) is -0.248. The summed E-state index contributed by atoms with van der Waals surface area (Å²) in [5.74, 6) is 0.817. The van der Waals surface area contributed by atoms with Crippen molar-refractivity contribution in [2.24, 2.45) is 0 Å². The molecule has 3 rings (SSSR count). The molecule has 2 aliphatic rings. The minimum atomic E-state index is -0.248. The molecule has 1 aromatic rings. The second-order valence-electron chi connectivity index (χ2n) is 5.24. The first-order valence-corrected chi connectivity index (χ1v) is 6.58. The number of nitrogens with zero attached hydrogens (tertiary/aromatic N) is 3. The second kappa shape index (κ2) is 4.36. The van der Waals surface area contributed by atoms with Crippen molar-refractivity contribution in [2.45, 2.75) is 39.3 Å². The SMILES string of the molecule is Cc1noc(C)c1CN1CC(=O)N2CCCC2C1=O. The predicted molar refractivity (Wildman–Crippen MR) is 66.1 cm³/mol. The van der Waals surface area contributed by atoms with Crippen LogP contribution in [0.1, 0.15) is 29.9 Å². The highest BCUT2D eigenvalue weighted by Gasteiger charge is 2.42. The first-order valence-electron chi connectivity index (χ1n) is 6.58. The number of aryl methyl sites for hydroxylation is 2. The van der Waals surface area contributed by atoms with Gasteiger partial charge in [-0.25, -0.2) is 0 Å². The molecule has 0 aliphatic carbocycles. The Bertz CT molecular complexity index is 518. The van der Waals surface area contributed by atoms with E-state index in [1.54, 1.807) is 9.80 Å². The van der Waals surface area contributed by atoms with Gasteiger partial charge in [-0.05, 0) is 26.7 Å². The Morgan fingerprint density at radius 2 is 2.16 bits per heavy atom. The van der Waals surface area contributed by atoms with Crippen LogP contribution in [0.4, 0.5) is 0 Å². The summed E-state index contributed by atoms with van der Waals surface area (Å²) in [6.07, 6.45) is 1.70. The van der Waals surface area contributed by atoms with Crippen LogP contribution in [0.15, 0.2) is 4.52 Å². The number of hydrogen-bond acceptors (Lipinski definition) is 4. The van der Waals surface area contributed by atoms with Crippen molar-refractivity contribution < 1.29 is 14.1 Å². The highest BCUT2D eigenvalue weighted by molar-refractivity contribution is 5.95. The van der Waals surface area contributed by atoms with Gasteiger partial charge in [-0.1, -0.05) is 5.16 Å². The summed E-state index contributed by atoms with van der Waals surface area (Å²) in [5, 5.41) is 3.88. The maximum Gasteiger partial charge on any atom is 0.246 e. The van der Waals surface area contributed by atoms with Crippen molar-refractivity contribution in [1.29, 1.82) is 0 Å². The van der Waals surface area contributed by atoms with Crippen LogP contribution in [0.3, 0.4) is 0 Å². The fourth-order valence-electron chi connectivity index (χ4n) is 2.92. The lowest BCUT2D eigenvalue weighted by Crippen LogP contribution is -2.56. The highest BCUT2D eigenvalue weighted by atomic mass is 16.5. The van der Waals surface area contributed by atoms with Crippen molar-refractivity contribution in [3.8, 4) is 0 Å². The number of carbonyl (C=O) groups excluding carboxylic acids is 2. The molecule has 1 unspecified atom stereocenters. The van der Waals surface area contributed by atoms with Crippen molar-refractivity contribution in [1.82, 2.24) is 15.0 Å². The third kappa shape index (κ3) is 1.91. The quantitative estimate of drug-likeness (QED) is 0.784. The minimum absolute atomic E-state index is 0.0499. The van der Waals surface area contributed by atoms with E-state index in [0.29, 0.717) is 18.8 Å². The van der Waals surface area contributed by atoms with Crippen LogP contribution in [0.5, 0.6) is 0 Å². The Labute approximate surface area is 111 Å². The average molecular weight is 263 g/mol. The summed E-state index contributed by atoms with van der Waals surface area (Å²) in [6.45, 7) is 4.97. The third-order valence-corrected chi connectivity index (χ3v) is 4.03. The van der Waals surface area contributed by atoms with Gasteiger partial charge < -0.3 is 14.3 Å². The van der Waals surface area contributed by atoms with E-state index in [1.807, 2.05) is 13.8 Å². The molecule has 2 aliphatic heterocycles. The van der Waals surface area contributed by atoms with Crippen molar-refractivity contribution in [2.75, 3.05) is 13.1 Å². The van der Waals surface area contributed by atoms with Crippen LogP contribution in [0, 0.1) is 13.8 Å². The Hall–Kier alpha value is -1.85. The molecule has 2 saturated heterocycles. The van der Waals surface area contributed by atoms with Gasteiger partial charge in [0.2, 0.25) is 11.8 Å². The van der Waals surface area contributed by atoms with Crippen molar-refractivity contribution in [3.05, 3.63) is 17.0 Å². The molecule has 2 fully saturated rings. The Kier molecular flexibility index (Phi) is 2.80. The number of piperazine rings is 1. The van der Waals surface area contributed by atoms with Gasteiger partial charge in [-0.15, -0.1) is 0 Å². The highest BCUT2D eigenvalue weighted by Crippen LogP contribution is 2.25. The molecule has 1 aromatic heterocycles. The van der Waals surface area contributed by atoms with Gasteiger partial charge in [0.15, 0.2) is 0 Å². The number of hydrogen-bond donors (Lipinski definition) is 0. The van der Waals surface area contributed by atoms with Gasteiger partial charge in [-0.3, -0.25) is 9.59 Å². The van der Waals surface area contributed by atoms with Gasteiger partial charge in [-0.2, -0.15) is 0 Å². The third-order valence-electron chi connectivity index (χ3n) is 4.03. The molecule has 0 saturated carbocycles. The molecule has 19 heavy (non-hydrogen) atoms. The molecular weight excluding hydrogens is 246 g/mol.